The van der Waals surface area contributed by atoms with Crippen molar-refractivity contribution in [1.29, 1.82) is 0 Å². The third kappa shape index (κ3) is 3.98. The summed E-state index contributed by atoms with van der Waals surface area (Å²) in [6.45, 7) is 3.07. The standard InChI is InChI=1S/C18H27N3O3/c1-2-14(16-8-3-4-9-24-16)21-18(23)19-11-13-10-12-6-5-7-15(12)20-17(13)22/h10,14,16H,2-9,11H2,1H3,(H,20,22)(H2,19,21,23). The Morgan fingerprint density at radius 3 is 3.00 bits per heavy atom. The number of hydrogen-bond donors (Lipinski definition) is 3. The highest BCUT2D eigenvalue weighted by molar-refractivity contribution is 5.74. The van der Waals surface area contributed by atoms with Crippen LogP contribution in [0, 0.1) is 0 Å². The maximum absolute atomic E-state index is 12.2. The number of carbonyl (C=O) groups is 1. The molecule has 3 N–H and O–H groups in total. The first-order valence-electron chi connectivity index (χ1n) is 9.07. The SMILES string of the molecule is CCC(NC(=O)NCc1cc2c([nH]c1=O)CCC2)C1CCCCO1. The Morgan fingerprint density at radius 1 is 1.38 bits per heavy atom. The monoisotopic (exact) mass is 333 g/mol. The number of rotatable bonds is 5. The molecule has 2 unspecified atom stereocenters. The van der Waals surface area contributed by atoms with Gasteiger partial charge in [0.25, 0.3) is 5.56 Å². The van der Waals surface area contributed by atoms with Gasteiger partial charge in [0.15, 0.2) is 0 Å². The predicted octanol–water partition coefficient (Wildman–Crippen LogP) is 2.01. The molecule has 2 aliphatic rings. The number of pyridine rings is 1. The average Bonchev–Trinajstić information content (AvgIpc) is 3.05. The molecule has 1 aliphatic carbocycles. The van der Waals surface area contributed by atoms with Crippen LogP contribution in [0.1, 0.15) is 55.8 Å². The first-order valence-corrected chi connectivity index (χ1v) is 9.07. The summed E-state index contributed by atoms with van der Waals surface area (Å²) in [5.41, 5.74) is 2.77. The Balaban J connectivity index is 1.54. The van der Waals surface area contributed by atoms with Crippen molar-refractivity contribution in [2.75, 3.05) is 6.61 Å². The van der Waals surface area contributed by atoms with Crippen molar-refractivity contribution in [2.24, 2.45) is 0 Å². The molecule has 24 heavy (non-hydrogen) atoms. The fourth-order valence-electron chi connectivity index (χ4n) is 3.63. The minimum atomic E-state index is -0.240. The summed E-state index contributed by atoms with van der Waals surface area (Å²) in [7, 11) is 0. The van der Waals surface area contributed by atoms with Crippen LogP contribution in [-0.4, -0.2) is 29.8 Å². The molecular formula is C18H27N3O3. The maximum Gasteiger partial charge on any atom is 0.315 e. The first-order chi connectivity index (χ1) is 11.7. The Morgan fingerprint density at radius 2 is 2.25 bits per heavy atom. The molecular weight excluding hydrogens is 306 g/mol. The third-order valence-corrected chi connectivity index (χ3v) is 5.02. The van der Waals surface area contributed by atoms with Gasteiger partial charge < -0.3 is 20.4 Å². The molecule has 132 valence electrons. The minimum absolute atomic E-state index is 0.0172. The number of aromatic nitrogens is 1. The van der Waals surface area contributed by atoms with E-state index in [2.05, 4.69) is 15.6 Å². The highest BCUT2D eigenvalue weighted by atomic mass is 16.5. The molecule has 0 aromatic carbocycles. The number of aromatic amines is 1. The fraction of sp³-hybridized carbons (Fsp3) is 0.667. The maximum atomic E-state index is 12.2. The van der Waals surface area contributed by atoms with Crippen LogP contribution < -0.4 is 16.2 Å². The molecule has 2 amide bonds. The molecule has 1 fully saturated rings. The van der Waals surface area contributed by atoms with Crippen molar-refractivity contribution >= 4 is 6.03 Å². The van der Waals surface area contributed by atoms with E-state index in [1.807, 2.05) is 13.0 Å². The molecule has 1 aromatic heterocycles. The molecule has 0 radical (unpaired) electrons. The molecule has 0 saturated carbocycles. The molecule has 6 heteroatoms. The van der Waals surface area contributed by atoms with Gasteiger partial charge >= 0.3 is 6.03 Å². The summed E-state index contributed by atoms with van der Waals surface area (Å²) >= 11 is 0. The smallest absolute Gasteiger partial charge is 0.315 e. The Hall–Kier alpha value is -1.82. The molecule has 1 saturated heterocycles. The topological polar surface area (TPSA) is 83.2 Å². The molecule has 1 aromatic rings. The number of amides is 2. The number of hydrogen-bond acceptors (Lipinski definition) is 3. The van der Waals surface area contributed by atoms with E-state index in [1.165, 1.54) is 5.56 Å². The van der Waals surface area contributed by atoms with Crippen LogP contribution in [0.5, 0.6) is 0 Å². The van der Waals surface area contributed by atoms with Crippen molar-refractivity contribution in [1.82, 2.24) is 15.6 Å². The van der Waals surface area contributed by atoms with E-state index in [0.29, 0.717) is 5.56 Å². The quantitative estimate of drug-likeness (QED) is 0.771. The van der Waals surface area contributed by atoms with Gasteiger partial charge in [-0.2, -0.15) is 0 Å². The molecule has 2 heterocycles. The van der Waals surface area contributed by atoms with Crippen molar-refractivity contribution in [3.63, 3.8) is 0 Å². The number of H-pyrrole nitrogens is 1. The van der Waals surface area contributed by atoms with Crippen LogP contribution >= 0.6 is 0 Å². The van der Waals surface area contributed by atoms with Gasteiger partial charge in [-0.1, -0.05) is 6.92 Å². The van der Waals surface area contributed by atoms with Gasteiger partial charge in [-0.15, -0.1) is 0 Å². The van der Waals surface area contributed by atoms with E-state index in [9.17, 15) is 9.59 Å². The van der Waals surface area contributed by atoms with E-state index in [-0.39, 0.29) is 30.3 Å². The fourth-order valence-corrected chi connectivity index (χ4v) is 3.63. The Kier molecular flexibility index (Phi) is 5.56. The van der Waals surface area contributed by atoms with Crippen LogP contribution in [-0.2, 0) is 24.1 Å². The molecule has 2 atom stereocenters. The van der Waals surface area contributed by atoms with E-state index in [1.54, 1.807) is 0 Å². The highest BCUT2D eigenvalue weighted by Gasteiger charge is 2.24. The van der Waals surface area contributed by atoms with E-state index < -0.39 is 0 Å². The number of fused-ring (bicyclic) bond motifs is 1. The normalized spacial score (nSPS) is 21.1. The zero-order chi connectivity index (χ0) is 16.9. The van der Waals surface area contributed by atoms with Crippen LogP contribution in [0.25, 0.3) is 0 Å². The largest absolute Gasteiger partial charge is 0.376 e. The molecule has 3 rings (SSSR count). The number of aryl methyl sites for hydroxylation is 2. The molecule has 6 nitrogen and oxygen atoms in total. The summed E-state index contributed by atoms with van der Waals surface area (Å²) < 4.78 is 5.77. The summed E-state index contributed by atoms with van der Waals surface area (Å²) in [6, 6.07) is 1.71. The lowest BCUT2D eigenvalue weighted by molar-refractivity contribution is -0.00586. The summed E-state index contributed by atoms with van der Waals surface area (Å²) in [6.07, 6.45) is 7.19. The number of carbonyl (C=O) groups excluding carboxylic acids is 1. The summed E-state index contributed by atoms with van der Waals surface area (Å²) in [5.74, 6) is 0. The molecule has 0 spiro atoms. The number of urea groups is 1. The predicted molar refractivity (Wildman–Crippen MR) is 92.1 cm³/mol. The average molecular weight is 333 g/mol. The van der Waals surface area contributed by atoms with Crippen LogP contribution in [0.4, 0.5) is 4.79 Å². The van der Waals surface area contributed by atoms with Gasteiger partial charge in [0.1, 0.15) is 0 Å². The van der Waals surface area contributed by atoms with Gasteiger partial charge in [0.2, 0.25) is 0 Å². The van der Waals surface area contributed by atoms with Gasteiger partial charge in [-0.3, -0.25) is 4.79 Å². The lowest BCUT2D eigenvalue weighted by Crippen LogP contribution is -2.49. The second-order valence-electron chi connectivity index (χ2n) is 6.73. The van der Waals surface area contributed by atoms with Gasteiger partial charge in [0.05, 0.1) is 12.1 Å². The van der Waals surface area contributed by atoms with Crippen LogP contribution in [0.3, 0.4) is 0 Å². The third-order valence-electron chi connectivity index (χ3n) is 5.02. The van der Waals surface area contributed by atoms with Crippen LogP contribution in [0.15, 0.2) is 10.9 Å². The zero-order valence-corrected chi connectivity index (χ0v) is 14.3. The van der Waals surface area contributed by atoms with E-state index >= 15 is 0 Å². The first kappa shape index (κ1) is 17.0. The second kappa shape index (κ2) is 7.83. The summed E-state index contributed by atoms with van der Waals surface area (Å²) in [5, 5.41) is 5.80. The van der Waals surface area contributed by atoms with Crippen molar-refractivity contribution in [2.45, 2.75) is 70.6 Å². The second-order valence-corrected chi connectivity index (χ2v) is 6.73. The Labute approximate surface area is 142 Å². The Bertz CT molecular complexity index is 635. The van der Waals surface area contributed by atoms with E-state index in [4.69, 9.17) is 4.74 Å². The van der Waals surface area contributed by atoms with Crippen LogP contribution in [0.2, 0.25) is 0 Å². The number of nitrogens with one attached hydrogen (secondary N) is 3. The van der Waals surface area contributed by atoms with Crippen molar-refractivity contribution in [3.8, 4) is 0 Å². The highest BCUT2D eigenvalue weighted by Crippen LogP contribution is 2.19. The van der Waals surface area contributed by atoms with Gasteiger partial charge in [0, 0.05) is 24.4 Å². The lowest BCUT2D eigenvalue weighted by Gasteiger charge is -2.30. The van der Waals surface area contributed by atoms with Crippen molar-refractivity contribution in [3.05, 3.63) is 33.2 Å². The van der Waals surface area contributed by atoms with E-state index in [0.717, 1.165) is 57.2 Å². The number of ether oxygens (including phenoxy) is 1. The zero-order valence-electron chi connectivity index (χ0n) is 14.3. The lowest BCUT2D eigenvalue weighted by atomic mass is 10.0. The van der Waals surface area contributed by atoms with Crippen molar-refractivity contribution < 1.29 is 9.53 Å². The molecule has 1 aliphatic heterocycles. The minimum Gasteiger partial charge on any atom is -0.376 e. The molecule has 0 bridgehead atoms. The van der Waals surface area contributed by atoms with Gasteiger partial charge in [-0.05, 0) is 56.6 Å². The van der Waals surface area contributed by atoms with Gasteiger partial charge in [-0.25, -0.2) is 4.79 Å². The summed E-state index contributed by atoms with van der Waals surface area (Å²) in [4.78, 5) is 27.2.